The number of benzene rings is 1. The fourth-order valence-corrected chi connectivity index (χ4v) is 8.43. The van der Waals surface area contributed by atoms with Crippen molar-refractivity contribution >= 4 is 5.91 Å². The van der Waals surface area contributed by atoms with Gasteiger partial charge < -0.3 is 10.4 Å². The average Bonchev–Trinajstić information content (AvgIpc) is 3.08. The summed E-state index contributed by atoms with van der Waals surface area (Å²) in [6.45, 7) is 5.42. The van der Waals surface area contributed by atoms with E-state index in [4.69, 9.17) is 0 Å². The second-order valence-electron chi connectivity index (χ2n) is 11.6. The van der Waals surface area contributed by atoms with Gasteiger partial charge in [-0.25, -0.2) is 0 Å². The van der Waals surface area contributed by atoms with Gasteiger partial charge in [0.1, 0.15) is 0 Å². The molecule has 0 aliphatic heterocycles. The minimum absolute atomic E-state index is 0.0751. The Labute approximate surface area is 182 Å². The van der Waals surface area contributed by atoms with Crippen molar-refractivity contribution in [1.29, 1.82) is 0 Å². The molecule has 5 rings (SSSR count). The lowest BCUT2D eigenvalue weighted by atomic mass is 9.49. The standard InChI is InChI=1S/C27H39NO2/c1-26(30)14-12-21-19(16-26)8-10-23-22(21)13-15-27(2)20(9-11-24(23)27)17-28-25(29)18-6-4-3-5-7-18/h3-7,19-24,30H,8-17H2,1-2H3,(H,28,29)/t19-,20?,21+,22-,23-,24+,26-,27-/m1/s1. The first-order valence-electron chi connectivity index (χ1n) is 12.4. The van der Waals surface area contributed by atoms with Gasteiger partial charge in [-0.15, -0.1) is 0 Å². The van der Waals surface area contributed by atoms with Crippen LogP contribution >= 0.6 is 0 Å². The van der Waals surface area contributed by atoms with E-state index >= 15 is 0 Å². The van der Waals surface area contributed by atoms with Crippen molar-refractivity contribution in [3.63, 3.8) is 0 Å². The van der Waals surface area contributed by atoms with Gasteiger partial charge in [0.25, 0.3) is 5.91 Å². The summed E-state index contributed by atoms with van der Waals surface area (Å²) in [6.07, 6.45) is 11.2. The maximum atomic E-state index is 12.6. The number of rotatable bonds is 3. The molecule has 4 saturated carbocycles. The van der Waals surface area contributed by atoms with Gasteiger partial charge in [-0.1, -0.05) is 25.1 Å². The van der Waals surface area contributed by atoms with E-state index in [2.05, 4.69) is 19.2 Å². The van der Waals surface area contributed by atoms with E-state index in [1.54, 1.807) is 0 Å². The normalized spacial score (nSPS) is 45.2. The Balaban J connectivity index is 1.25. The van der Waals surface area contributed by atoms with Crippen LogP contribution in [0.4, 0.5) is 0 Å². The third-order valence-corrected chi connectivity index (χ3v) is 9.98. The summed E-state index contributed by atoms with van der Waals surface area (Å²) in [6, 6.07) is 9.63. The molecular weight excluding hydrogens is 370 g/mol. The Morgan fingerprint density at radius 3 is 2.53 bits per heavy atom. The highest BCUT2D eigenvalue weighted by atomic mass is 16.3. The summed E-state index contributed by atoms with van der Waals surface area (Å²) >= 11 is 0. The SMILES string of the molecule is C[C@@]1(O)CC[C@H]2[C@H](CC[C@@H]3[C@@H]2CC[C@]2(C)C(CNC(=O)c4ccccc4)CC[C@@H]32)C1. The summed E-state index contributed by atoms with van der Waals surface area (Å²) in [7, 11) is 0. The molecule has 0 bridgehead atoms. The molecular formula is C27H39NO2. The second-order valence-corrected chi connectivity index (χ2v) is 11.6. The number of carbonyl (C=O) groups is 1. The van der Waals surface area contributed by atoms with Crippen molar-refractivity contribution in [1.82, 2.24) is 5.32 Å². The molecule has 4 aliphatic rings. The number of aliphatic hydroxyl groups is 1. The number of amides is 1. The average molecular weight is 410 g/mol. The van der Waals surface area contributed by atoms with Crippen LogP contribution in [0.3, 0.4) is 0 Å². The molecule has 0 aromatic heterocycles. The second kappa shape index (κ2) is 7.65. The van der Waals surface area contributed by atoms with Crippen LogP contribution in [-0.2, 0) is 0 Å². The van der Waals surface area contributed by atoms with Crippen LogP contribution in [0, 0.1) is 40.9 Å². The van der Waals surface area contributed by atoms with Gasteiger partial charge in [0.15, 0.2) is 0 Å². The third-order valence-electron chi connectivity index (χ3n) is 9.98. The van der Waals surface area contributed by atoms with Crippen molar-refractivity contribution < 1.29 is 9.90 Å². The molecule has 4 aliphatic carbocycles. The molecule has 1 aromatic carbocycles. The molecule has 2 N–H and O–H groups in total. The Hall–Kier alpha value is -1.35. The maximum Gasteiger partial charge on any atom is 0.251 e. The molecule has 1 aromatic rings. The van der Waals surface area contributed by atoms with E-state index in [0.29, 0.717) is 11.3 Å². The Morgan fingerprint density at radius 2 is 1.73 bits per heavy atom. The first-order chi connectivity index (χ1) is 14.4. The van der Waals surface area contributed by atoms with Crippen LogP contribution in [0.1, 0.15) is 82.0 Å². The first kappa shape index (κ1) is 20.5. The summed E-state index contributed by atoms with van der Waals surface area (Å²) in [5.74, 6) is 4.89. The van der Waals surface area contributed by atoms with E-state index in [0.717, 1.165) is 54.5 Å². The van der Waals surface area contributed by atoms with E-state index < -0.39 is 5.60 Å². The van der Waals surface area contributed by atoms with Gasteiger partial charge in [-0.2, -0.15) is 0 Å². The number of carbonyl (C=O) groups excluding carboxylic acids is 1. The summed E-state index contributed by atoms with van der Waals surface area (Å²) in [5.41, 5.74) is 0.734. The highest BCUT2D eigenvalue weighted by molar-refractivity contribution is 5.94. The lowest BCUT2D eigenvalue weighted by Gasteiger charge is -2.57. The van der Waals surface area contributed by atoms with Crippen molar-refractivity contribution in [2.45, 2.75) is 77.2 Å². The van der Waals surface area contributed by atoms with E-state index in [-0.39, 0.29) is 5.91 Å². The molecule has 4 fully saturated rings. The van der Waals surface area contributed by atoms with Gasteiger partial charge in [-0.05, 0) is 118 Å². The fourth-order valence-electron chi connectivity index (χ4n) is 8.43. The van der Waals surface area contributed by atoms with Crippen LogP contribution < -0.4 is 5.32 Å². The molecule has 164 valence electrons. The number of hydrogen-bond acceptors (Lipinski definition) is 2. The molecule has 1 amide bonds. The topological polar surface area (TPSA) is 49.3 Å². The quantitative estimate of drug-likeness (QED) is 0.699. The van der Waals surface area contributed by atoms with Crippen LogP contribution in [0.25, 0.3) is 0 Å². The summed E-state index contributed by atoms with van der Waals surface area (Å²) in [4.78, 5) is 12.6. The lowest BCUT2D eigenvalue weighted by molar-refractivity contribution is -0.0993. The first-order valence-corrected chi connectivity index (χ1v) is 12.4. The molecule has 1 unspecified atom stereocenters. The zero-order valence-electron chi connectivity index (χ0n) is 18.8. The van der Waals surface area contributed by atoms with Crippen LogP contribution in [0.2, 0.25) is 0 Å². The van der Waals surface area contributed by atoms with Gasteiger partial charge in [0.05, 0.1) is 5.60 Å². The van der Waals surface area contributed by atoms with E-state index in [1.807, 2.05) is 30.3 Å². The molecule has 0 heterocycles. The molecule has 3 heteroatoms. The van der Waals surface area contributed by atoms with Crippen LogP contribution in [-0.4, -0.2) is 23.2 Å². The fraction of sp³-hybridized carbons (Fsp3) is 0.741. The third kappa shape index (κ3) is 3.51. The van der Waals surface area contributed by atoms with Crippen molar-refractivity contribution in [2.24, 2.45) is 40.9 Å². The maximum absolute atomic E-state index is 12.6. The molecule has 30 heavy (non-hydrogen) atoms. The number of nitrogens with one attached hydrogen (secondary N) is 1. The van der Waals surface area contributed by atoms with Crippen molar-refractivity contribution in [3.05, 3.63) is 35.9 Å². The largest absolute Gasteiger partial charge is 0.390 e. The van der Waals surface area contributed by atoms with Crippen molar-refractivity contribution in [2.75, 3.05) is 6.54 Å². The van der Waals surface area contributed by atoms with Gasteiger partial charge in [0, 0.05) is 12.1 Å². The predicted octanol–water partition coefficient (Wildman–Crippen LogP) is 5.44. The Morgan fingerprint density at radius 1 is 0.967 bits per heavy atom. The smallest absolute Gasteiger partial charge is 0.251 e. The highest BCUT2D eigenvalue weighted by Crippen LogP contribution is 2.64. The Bertz CT molecular complexity index is 774. The van der Waals surface area contributed by atoms with Crippen molar-refractivity contribution in [3.8, 4) is 0 Å². The molecule has 0 spiro atoms. The monoisotopic (exact) mass is 409 g/mol. The predicted molar refractivity (Wildman–Crippen MR) is 120 cm³/mol. The minimum atomic E-state index is -0.424. The van der Waals surface area contributed by atoms with Gasteiger partial charge in [0.2, 0.25) is 0 Å². The summed E-state index contributed by atoms with van der Waals surface area (Å²) < 4.78 is 0. The molecule has 0 radical (unpaired) electrons. The zero-order chi connectivity index (χ0) is 20.9. The Kier molecular flexibility index (Phi) is 5.24. The van der Waals surface area contributed by atoms with E-state index in [1.165, 1.54) is 44.9 Å². The van der Waals surface area contributed by atoms with Gasteiger partial charge in [-0.3, -0.25) is 4.79 Å². The highest BCUT2D eigenvalue weighted by Gasteiger charge is 2.57. The molecule has 3 nitrogen and oxygen atoms in total. The lowest BCUT2D eigenvalue weighted by Crippen LogP contribution is -2.51. The minimum Gasteiger partial charge on any atom is -0.390 e. The number of hydrogen-bond donors (Lipinski definition) is 2. The zero-order valence-corrected chi connectivity index (χ0v) is 18.8. The van der Waals surface area contributed by atoms with Crippen LogP contribution in [0.15, 0.2) is 30.3 Å². The van der Waals surface area contributed by atoms with Crippen LogP contribution in [0.5, 0.6) is 0 Å². The summed E-state index contributed by atoms with van der Waals surface area (Å²) in [5, 5.41) is 13.8. The molecule has 0 saturated heterocycles. The molecule has 8 atom stereocenters. The van der Waals surface area contributed by atoms with E-state index in [9.17, 15) is 9.90 Å². The number of fused-ring (bicyclic) bond motifs is 5. The van der Waals surface area contributed by atoms with Gasteiger partial charge >= 0.3 is 0 Å².